The van der Waals surface area contributed by atoms with E-state index in [1.807, 2.05) is 0 Å². The average molecular weight is 538 g/mol. The minimum atomic E-state index is -4.83. The molecule has 0 aliphatic carbocycles. The number of aliphatic hydroxyl groups excluding tert-OH is 1. The van der Waals surface area contributed by atoms with Crippen LogP contribution in [0.4, 0.5) is 43.8 Å². The number of benzene rings is 2. The van der Waals surface area contributed by atoms with Gasteiger partial charge in [0, 0.05) is 18.3 Å². The first-order valence-corrected chi connectivity index (χ1v) is 12.2. The number of anilines is 3. The Morgan fingerprint density at radius 3 is 2.47 bits per heavy atom. The lowest BCUT2D eigenvalue weighted by molar-refractivity contribution is -0.242. The number of rotatable bonds is 7. The van der Waals surface area contributed by atoms with E-state index in [4.69, 9.17) is 5.11 Å². The van der Waals surface area contributed by atoms with Crippen LogP contribution in [0.3, 0.4) is 0 Å². The van der Waals surface area contributed by atoms with Crippen LogP contribution in [0.1, 0.15) is 26.7 Å². The molecule has 1 heterocycles. The number of halogens is 5. The summed E-state index contributed by atoms with van der Waals surface area (Å²) in [5.74, 6) is -2.60. The summed E-state index contributed by atoms with van der Waals surface area (Å²) >= 11 is 0. The van der Waals surface area contributed by atoms with E-state index in [1.165, 1.54) is 18.2 Å². The lowest BCUT2D eigenvalue weighted by atomic mass is 10.1. The normalized spacial score (nSPS) is 16.2. The van der Waals surface area contributed by atoms with Crippen molar-refractivity contribution in [2.45, 2.75) is 49.4 Å². The van der Waals surface area contributed by atoms with E-state index in [9.17, 15) is 35.2 Å². The van der Waals surface area contributed by atoms with Gasteiger partial charge in [-0.25, -0.2) is 22.0 Å². The van der Waals surface area contributed by atoms with Crippen molar-refractivity contribution in [1.29, 1.82) is 0 Å². The first-order chi connectivity index (χ1) is 16.7. The Labute approximate surface area is 204 Å². The van der Waals surface area contributed by atoms with Crippen molar-refractivity contribution in [1.82, 2.24) is 0 Å². The highest BCUT2D eigenvalue weighted by Gasteiger charge is 2.51. The summed E-state index contributed by atoms with van der Waals surface area (Å²) in [5.41, 5.74) is -2.55. The summed E-state index contributed by atoms with van der Waals surface area (Å²) in [6.07, 6.45) is -5.52. The zero-order chi connectivity index (χ0) is 26.9. The number of fused-ring (bicyclic) bond motifs is 1. The predicted molar refractivity (Wildman–Crippen MR) is 121 cm³/mol. The van der Waals surface area contributed by atoms with Crippen molar-refractivity contribution in [3.05, 3.63) is 48.0 Å². The summed E-state index contributed by atoms with van der Waals surface area (Å²) in [5, 5.41) is 14.4. The number of hydrogen-bond acceptors (Lipinski definition) is 6. The molecule has 0 bridgehead atoms. The molecule has 2 aromatic rings. The lowest BCUT2D eigenvalue weighted by Crippen LogP contribution is -2.45. The van der Waals surface area contributed by atoms with E-state index in [1.54, 1.807) is 0 Å². The molecular formula is C22H24F5N3O5S. The van der Waals surface area contributed by atoms with Gasteiger partial charge in [-0.15, -0.1) is 0 Å². The standard InChI is InChI=1S/C22H24F5N3O5S/c1-21(2,22(25,26)27)35-20(32)29-13-5-8-18-19(10-13)30(12-14(28-18)4-3-9-31)36(33,34)15-6-7-16(23)17(24)11-15/h5-8,10-11,14,28,31H,3-4,9,12H2,1-2H3,(H,29,32)/t14-/m0/s1. The van der Waals surface area contributed by atoms with Crippen LogP contribution in [0.15, 0.2) is 41.3 Å². The molecule has 2 aromatic carbocycles. The van der Waals surface area contributed by atoms with E-state index in [-0.39, 0.29) is 24.5 Å². The number of aliphatic hydroxyl groups is 1. The largest absolute Gasteiger partial charge is 0.434 e. The topological polar surface area (TPSA) is 108 Å². The van der Waals surface area contributed by atoms with Gasteiger partial charge in [-0.2, -0.15) is 13.2 Å². The van der Waals surface area contributed by atoms with E-state index >= 15 is 0 Å². The molecule has 1 aliphatic rings. The summed E-state index contributed by atoms with van der Waals surface area (Å²) in [6.45, 7) is 1.04. The third-order valence-electron chi connectivity index (χ3n) is 5.48. The molecule has 0 saturated carbocycles. The third kappa shape index (κ3) is 5.81. The maximum atomic E-state index is 13.8. The molecule has 3 N–H and O–H groups in total. The molecule has 36 heavy (non-hydrogen) atoms. The first-order valence-electron chi connectivity index (χ1n) is 10.7. The number of sulfonamides is 1. The molecule has 198 valence electrons. The molecular weight excluding hydrogens is 513 g/mol. The Morgan fingerprint density at radius 1 is 1.17 bits per heavy atom. The second-order valence-electron chi connectivity index (χ2n) is 8.57. The maximum Gasteiger partial charge on any atom is 0.427 e. The highest BCUT2D eigenvalue weighted by atomic mass is 32.2. The Balaban J connectivity index is 1.97. The van der Waals surface area contributed by atoms with Gasteiger partial charge in [0.15, 0.2) is 11.6 Å². The van der Waals surface area contributed by atoms with Crippen LogP contribution in [0.2, 0.25) is 0 Å². The summed E-state index contributed by atoms with van der Waals surface area (Å²) < 4.78 is 98.5. The average Bonchev–Trinajstić information content (AvgIpc) is 2.77. The van der Waals surface area contributed by atoms with Crippen LogP contribution < -0.4 is 14.9 Å². The van der Waals surface area contributed by atoms with Gasteiger partial charge in [0.05, 0.1) is 22.8 Å². The quantitative estimate of drug-likeness (QED) is 0.445. The van der Waals surface area contributed by atoms with Crippen molar-refractivity contribution in [2.24, 2.45) is 0 Å². The Kier molecular flexibility index (Phi) is 7.69. The van der Waals surface area contributed by atoms with Gasteiger partial charge in [0.2, 0.25) is 5.60 Å². The van der Waals surface area contributed by atoms with Gasteiger partial charge < -0.3 is 15.2 Å². The van der Waals surface area contributed by atoms with E-state index in [0.29, 0.717) is 44.5 Å². The molecule has 3 rings (SSSR count). The number of hydrogen-bond donors (Lipinski definition) is 3. The SMILES string of the molecule is CC(C)(OC(=O)Nc1ccc2c(c1)N(S(=O)(=O)c1ccc(F)c(F)c1)C[C@H](CCCO)N2)C(F)(F)F. The second kappa shape index (κ2) is 10.1. The molecule has 0 aromatic heterocycles. The van der Waals surface area contributed by atoms with E-state index in [2.05, 4.69) is 15.4 Å². The van der Waals surface area contributed by atoms with Crippen LogP contribution in [-0.2, 0) is 14.8 Å². The first kappa shape index (κ1) is 27.5. The summed E-state index contributed by atoms with van der Waals surface area (Å²) in [7, 11) is -4.43. The third-order valence-corrected chi connectivity index (χ3v) is 7.25. The van der Waals surface area contributed by atoms with Gasteiger partial charge in [0.25, 0.3) is 10.0 Å². The molecule has 1 atom stereocenters. The highest BCUT2D eigenvalue weighted by molar-refractivity contribution is 7.92. The second-order valence-corrected chi connectivity index (χ2v) is 10.4. The minimum Gasteiger partial charge on any atom is -0.434 e. The zero-order valence-electron chi connectivity index (χ0n) is 19.2. The van der Waals surface area contributed by atoms with Gasteiger partial charge in [0.1, 0.15) is 0 Å². The Morgan fingerprint density at radius 2 is 1.86 bits per heavy atom. The molecule has 0 unspecified atom stereocenters. The fourth-order valence-corrected chi connectivity index (χ4v) is 4.96. The van der Waals surface area contributed by atoms with E-state index < -0.39 is 50.5 Å². The van der Waals surface area contributed by atoms with Gasteiger partial charge in [-0.3, -0.25) is 9.62 Å². The van der Waals surface area contributed by atoms with Crippen molar-refractivity contribution in [3.63, 3.8) is 0 Å². The van der Waals surface area contributed by atoms with Crippen molar-refractivity contribution in [2.75, 3.05) is 28.1 Å². The van der Waals surface area contributed by atoms with Crippen LogP contribution in [0, 0.1) is 11.6 Å². The van der Waals surface area contributed by atoms with Gasteiger partial charge in [-0.1, -0.05) is 0 Å². The maximum absolute atomic E-state index is 13.8. The Hall–Kier alpha value is -3.13. The molecule has 0 saturated heterocycles. The van der Waals surface area contributed by atoms with Crippen LogP contribution in [0.25, 0.3) is 0 Å². The van der Waals surface area contributed by atoms with E-state index in [0.717, 1.165) is 10.4 Å². The number of carbonyl (C=O) groups is 1. The number of alkyl halides is 3. The zero-order valence-corrected chi connectivity index (χ0v) is 20.0. The van der Waals surface area contributed by atoms with Gasteiger partial charge >= 0.3 is 12.3 Å². The lowest BCUT2D eigenvalue weighted by Gasteiger charge is -2.37. The van der Waals surface area contributed by atoms with Gasteiger partial charge in [-0.05, 0) is 63.1 Å². The fraction of sp³-hybridized carbons (Fsp3) is 0.409. The monoisotopic (exact) mass is 537 g/mol. The van der Waals surface area contributed by atoms with Crippen molar-refractivity contribution >= 4 is 33.2 Å². The molecule has 8 nitrogen and oxygen atoms in total. The van der Waals surface area contributed by atoms with Crippen molar-refractivity contribution < 1.29 is 45.0 Å². The van der Waals surface area contributed by atoms with Crippen LogP contribution >= 0.6 is 0 Å². The predicted octanol–water partition coefficient (Wildman–Crippen LogP) is 4.62. The summed E-state index contributed by atoms with van der Waals surface area (Å²) in [4.78, 5) is 11.6. The molecule has 0 spiro atoms. The summed E-state index contributed by atoms with van der Waals surface area (Å²) in [6, 6.07) is 5.57. The van der Waals surface area contributed by atoms with Crippen LogP contribution in [0.5, 0.6) is 0 Å². The molecule has 0 fully saturated rings. The molecule has 1 amide bonds. The number of nitrogens with one attached hydrogen (secondary N) is 2. The molecule has 14 heteroatoms. The minimum absolute atomic E-state index is 0.00728. The molecule has 0 radical (unpaired) electrons. The fourth-order valence-electron chi connectivity index (χ4n) is 3.43. The van der Waals surface area contributed by atoms with Crippen molar-refractivity contribution in [3.8, 4) is 0 Å². The number of nitrogens with zero attached hydrogens (tertiary/aromatic N) is 1. The Bertz CT molecular complexity index is 1240. The van der Waals surface area contributed by atoms with Crippen LogP contribution in [-0.4, -0.2) is 50.6 Å². The number of ether oxygens (including phenoxy) is 1. The smallest absolute Gasteiger partial charge is 0.427 e. The highest BCUT2D eigenvalue weighted by Crippen LogP contribution is 2.38. The number of amides is 1. The number of carbonyl (C=O) groups excluding carboxylic acids is 1. The molecule has 1 aliphatic heterocycles.